The lowest BCUT2D eigenvalue weighted by Crippen LogP contribution is -2.35. The lowest BCUT2D eigenvalue weighted by Gasteiger charge is -2.12. The van der Waals surface area contributed by atoms with E-state index >= 15 is 0 Å². The second-order valence-corrected chi connectivity index (χ2v) is 11.4. The third-order valence-corrected chi connectivity index (χ3v) is 8.54. The smallest absolute Gasteiger partial charge is 0.301 e. The fourth-order valence-electron chi connectivity index (χ4n) is 4.74. The number of rotatable bonds is 10. The van der Waals surface area contributed by atoms with Crippen LogP contribution in [0.4, 0.5) is 0 Å². The summed E-state index contributed by atoms with van der Waals surface area (Å²) in [5.74, 6) is 2.67. The SMILES string of the molecule is Cl.Cl.Cl.O=C(c1ccc(Oc2ccccc2)cc1)c1cccc[c]1[Al][c]1ccccc1C(=O)c1ccc(Oc2ccccc2)cc1. The number of para-hydroxylation sites is 2. The van der Waals surface area contributed by atoms with E-state index in [0.29, 0.717) is 33.8 Å². The third-order valence-electron chi connectivity index (χ3n) is 6.91. The molecule has 0 bridgehead atoms. The van der Waals surface area contributed by atoms with E-state index in [-0.39, 0.29) is 48.8 Å². The molecule has 1 radical (unpaired) electrons. The number of ether oxygens (including phenoxy) is 2. The number of halogens is 3. The van der Waals surface area contributed by atoms with Gasteiger partial charge in [-0.3, -0.25) is 9.59 Å². The average molecular weight is 683 g/mol. The zero-order valence-corrected chi connectivity index (χ0v) is 28.1. The number of hydrogen-bond donors (Lipinski definition) is 0. The number of carbonyl (C=O) groups is 2. The molecule has 0 N–H and O–H groups in total. The molecule has 46 heavy (non-hydrogen) atoms. The molecule has 0 aromatic heterocycles. The lowest BCUT2D eigenvalue weighted by atomic mass is 10.0. The summed E-state index contributed by atoms with van der Waals surface area (Å²) in [5.41, 5.74) is 2.43. The first-order valence-electron chi connectivity index (χ1n) is 13.9. The van der Waals surface area contributed by atoms with Crippen molar-refractivity contribution < 1.29 is 19.1 Å². The van der Waals surface area contributed by atoms with E-state index in [1.54, 1.807) is 48.5 Å². The van der Waals surface area contributed by atoms with Gasteiger partial charge in [0.15, 0.2) is 11.6 Å². The van der Waals surface area contributed by atoms with Crippen molar-refractivity contribution >= 4 is 72.9 Å². The molecule has 6 rings (SSSR count). The Bertz CT molecular complexity index is 1730. The Kier molecular flexibility index (Phi) is 13.7. The zero-order chi connectivity index (χ0) is 29.4. The van der Waals surface area contributed by atoms with Gasteiger partial charge < -0.3 is 9.47 Å². The van der Waals surface area contributed by atoms with Crippen LogP contribution >= 0.6 is 37.2 Å². The molecule has 0 unspecified atom stereocenters. The molecule has 0 aliphatic heterocycles. The summed E-state index contributed by atoms with van der Waals surface area (Å²) in [7, 11) is 0. The largest absolute Gasteiger partial charge is 0.457 e. The summed E-state index contributed by atoms with van der Waals surface area (Å²) in [6.07, 6.45) is 0. The molecule has 229 valence electrons. The topological polar surface area (TPSA) is 52.6 Å². The van der Waals surface area contributed by atoms with Crippen molar-refractivity contribution in [2.75, 3.05) is 0 Å². The molecule has 0 fully saturated rings. The van der Waals surface area contributed by atoms with Gasteiger partial charge in [0.1, 0.15) is 23.0 Å². The van der Waals surface area contributed by atoms with Crippen LogP contribution in [0.3, 0.4) is 0 Å². The molecule has 4 nitrogen and oxygen atoms in total. The van der Waals surface area contributed by atoms with Crippen LogP contribution in [0.15, 0.2) is 158 Å². The van der Waals surface area contributed by atoms with E-state index in [0.717, 1.165) is 20.3 Å². The maximum absolute atomic E-state index is 13.6. The normalized spacial score (nSPS) is 9.83. The molecule has 0 atom stereocenters. The number of carbonyl (C=O) groups excluding carboxylic acids is 2. The Hall–Kier alpha value is -4.34. The maximum Gasteiger partial charge on any atom is 0.301 e. The molecule has 0 aliphatic carbocycles. The van der Waals surface area contributed by atoms with Gasteiger partial charge in [-0.15, -0.1) is 46.1 Å². The Morgan fingerprint density at radius 2 is 0.674 bits per heavy atom. The number of benzene rings is 6. The van der Waals surface area contributed by atoms with Gasteiger partial charge in [0.2, 0.25) is 0 Å². The van der Waals surface area contributed by atoms with Gasteiger partial charge in [0.25, 0.3) is 0 Å². The Morgan fingerprint density at radius 1 is 0.370 bits per heavy atom. The van der Waals surface area contributed by atoms with Gasteiger partial charge >= 0.3 is 15.2 Å². The molecule has 8 heteroatoms. The van der Waals surface area contributed by atoms with Crippen LogP contribution in [0, 0.1) is 0 Å². The van der Waals surface area contributed by atoms with Gasteiger partial charge in [-0.2, -0.15) is 0 Å². The Morgan fingerprint density at radius 3 is 1.04 bits per heavy atom. The minimum Gasteiger partial charge on any atom is -0.457 e. The fourth-order valence-corrected chi connectivity index (χ4v) is 6.25. The lowest BCUT2D eigenvalue weighted by molar-refractivity contribution is 0.103. The summed E-state index contributed by atoms with van der Waals surface area (Å²) in [6, 6.07) is 48.7. The van der Waals surface area contributed by atoms with Crippen molar-refractivity contribution in [1.29, 1.82) is 0 Å². The highest BCUT2D eigenvalue weighted by Crippen LogP contribution is 2.23. The zero-order valence-electron chi connectivity index (χ0n) is 24.4. The Balaban J connectivity index is 0.00000192. The van der Waals surface area contributed by atoms with Crippen molar-refractivity contribution in [2.45, 2.75) is 0 Å². The summed E-state index contributed by atoms with van der Waals surface area (Å²) >= 11 is -0.528. The molecule has 0 spiro atoms. The van der Waals surface area contributed by atoms with Gasteiger partial charge in [-0.25, -0.2) is 0 Å². The summed E-state index contributed by atoms with van der Waals surface area (Å²) in [5, 5.41) is 0. The molecule has 0 aliphatic rings. The van der Waals surface area contributed by atoms with Crippen molar-refractivity contribution in [3.05, 3.63) is 180 Å². The molecule has 0 saturated heterocycles. The fraction of sp³-hybridized carbons (Fsp3) is 0. The number of ketones is 2. The van der Waals surface area contributed by atoms with Crippen molar-refractivity contribution in [3.63, 3.8) is 0 Å². The minimum atomic E-state index is -0.528. The summed E-state index contributed by atoms with van der Waals surface area (Å²) < 4.78 is 13.6. The van der Waals surface area contributed by atoms with E-state index in [4.69, 9.17) is 9.47 Å². The van der Waals surface area contributed by atoms with Crippen LogP contribution in [0.1, 0.15) is 31.8 Å². The van der Waals surface area contributed by atoms with E-state index in [2.05, 4.69) is 0 Å². The van der Waals surface area contributed by atoms with Crippen LogP contribution in [0.5, 0.6) is 23.0 Å². The van der Waals surface area contributed by atoms with Crippen LogP contribution in [-0.2, 0) is 0 Å². The highest BCUT2D eigenvalue weighted by molar-refractivity contribution is 6.70. The number of hydrogen-bond acceptors (Lipinski definition) is 4. The van der Waals surface area contributed by atoms with E-state index in [9.17, 15) is 9.59 Å². The van der Waals surface area contributed by atoms with Crippen molar-refractivity contribution in [2.24, 2.45) is 0 Å². The van der Waals surface area contributed by atoms with Gasteiger partial charge in [0.05, 0.1) is 0 Å². The summed E-state index contributed by atoms with van der Waals surface area (Å²) in [6.45, 7) is 0. The van der Waals surface area contributed by atoms with E-state index in [1.807, 2.05) is 109 Å². The van der Waals surface area contributed by atoms with Crippen molar-refractivity contribution in [1.82, 2.24) is 0 Å². The first-order chi connectivity index (χ1) is 21.1. The second kappa shape index (κ2) is 17.4. The molecular formula is C38H29AlCl3O4. The van der Waals surface area contributed by atoms with Crippen LogP contribution < -0.4 is 18.3 Å². The molecular weight excluding hydrogens is 654 g/mol. The van der Waals surface area contributed by atoms with Crippen LogP contribution in [-0.4, -0.2) is 26.8 Å². The standard InChI is InChI=1S/2C19H13O2.Al.3ClH/c2*20-19(15-7-3-1-4-8-15)16-11-13-18(14-12-16)21-17-9-5-2-6-10-17;;;;/h2*1-7,9-14H;;3*1H. The predicted molar refractivity (Wildman–Crippen MR) is 192 cm³/mol. The van der Waals surface area contributed by atoms with E-state index < -0.39 is 15.2 Å². The quantitative estimate of drug-likeness (QED) is 0.107. The average Bonchev–Trinajstić information content (AvgIpc) is 3.06. The highest BCUT2D eigenvalue weighted by atomic mass is 35.5. The monoisotopic (exact) mass is 681 g/mol. The maximum atomic E-state index is 13.6. The first kappa shape index (κ1) is 36.1. The van der Waals surface area contributed by atoms with Gasteiger partial charge in [-0.1, -0.05) is 84.9 Å². The summed E-state index contributed by atoms with van der Waals surface area (Å²) in [4.78, 5) is 27.2. The second-order valence-electron chi connectivity index (χ2n) is 9.86. The minimum absolute atomic E-state index is 0. The van der Waals surface area contributed by atoms with Crippen LogP contribution in [0.25, 0.3) is 0 Å². The first-order valence-corrected chi connectivity index (χ1v) is 15.1. The third kappa shape index (κ3) is 8.89. The van der Waals surface area contributed by atoms with Crippen LogP contribution in [0.2, 0.25) is 0 Å². The highest BCUT2D eigenvalue weighted by Gasteiger charge is 2.19. The molecule has 0 saturated carbocycles. The molecule has 6 aromatic rings. The Labute approximate surface area is 293 Å². The van der Waals surface area contributed by atoms with Crippen molar-refractivity contribution in [3.8, 4) is 23.0 Å². The van der Waals surface area contributed by atoms with Gasteiger partial charge in [0, 0.05) is 22.3 Å². The van der Waals surface area contributed by atoms with E-state index in [1.165, 1.54) is 0 Å². The predicted octanol–water partition coefficient (Wildman–Crippen LogP) is 8.65. The molecule has 0 amide bonds. The molecule has 6 aromatic carbocycles. The van der Waals surface area contributed by atoms with Gasteiger partial charge in [-0.05, 0) is 72.8 Å². The molecule has 0 heterocycles.